The van der Waals surface area contributed by atoms with E-state index in [2.05, 4.69) is 4.90 Å². The second kappa shape index (κ2) is 6.43. The molecule has 1 aromatic rings. The molecule has 1 N–H and O–H groups in total. The van der Waals surface area contributed by atoms with Gasteiger partial charge in [0.1, 0.15) is 0 Å². The number of hydrogen-bond acceptors (Lipinski definition) is 3. The number of aliphatic hydroxyl groups is 1. The number of rotatable bonds is 3. The molecule has 1 atom stereocenters. The van der Waals surface area contributed by atoms with E-state index in [1.807, 2.05) is 12.1 Å². The van der Waals surface area contributed by atoms with E-state index in [1.165, 1.54) is 0 Å². The van der Waals surface area contributed by atoms with Gasteiger partial charge in [0.05, 0.1) is 34.9 Å². The third kappa shape index (κ3) is 2.82. The van der Waals surface area contributed by atoms with Gasteiger partial charge in [0.2, 0.25) is 0 Å². The number of benzene rings is 1. The number of ether oxygens (including phenoxy) is 1. The van der Waals surface area contributed by atoms with Crippen LogP contribution in [0.25, 0.3) is 0 Å². The van der Waals surface area contributed by atoms with Crippen LogP contribution in [0.15, 0.2) is 18.2 Å². The van der Waals surface area contributed by atoms with Crippen LogP contribution in [0.2, 0.25) is 10.0 Å². The zero-order valence-corrected chi connectivity index (χ0v) is 13.5. The maximum Gasteiger partial charge on any atom is 0.0988 e. The summed E-state index contributed by atoms with van der Waals surface area (Å²) >= 11 is 12.5. The first kappa shape index (κ1) is 15.6. The quantitative estimate of drug-likeness (QED) is 0.918. The molecule has 21 heavy (non-hydrogen) atoms. The Balaban J connectivity index is 1.94. The highest BCUT2D eigenvalue weighted by molar-refractivity contribution is 6.42. The summed E-state index contributed by atoms with van der Waals surface area (Å²) in [6.45, 7) is 3.21. The minimum atomic E-state index is -0.607. The molecule has 116 valence electrons. The predicted molar refractivity (Wildman–Crippen MR) is 85.0 cm³/mol. The molecule has 1 heterocycles. The standard InChI is InChI=1S/C16H21Cl2NO2/c17-13-5-3-4-12(14(13)18)15(20)16(6-1-2-7-16)19-8-10-21-11-9-19/h3-5,15,20H,1-2,6-11H2. The zero-order chi connectivity index (χ0) is 14.9. The summed E-state index contributed by atoms with van der Waals surface area (Å²) in [5.74, 6) is 0. The molecule has 0 amide bonds. The van der Waals surface area contributed by atoms with Gasteiger partial charge in [-0.25, -0.2) is 0 Å². The van der Waals surface area contributed by atoms with Crippen molar-refractivity contribution in [3.8, 4) is 0 Å². The summed E-state index contributed by atoms with van der Waals surface area (Å²) in [6, 6.07) is 5.50. The van der Waals surface area contributed by atoms with Crippen LogP contribution in [0.3, 0.4) is 0 Å². The normalized spacial score (nSPS) is 24.1. The van der Waals surface area contributed by atoms with E-state index in [9.17, 15) is 5.11 Å². The Kier molecular flexibility index (Phi) is 4.77. The highest BCUT2D eigenvalue weighted by Crippen LogP contribution is 2.47. The van der Waals surface area contributed by atoms with Crippen molar-refractivity contribution in [1.82, 2.24) is 4.90 Å². The topological polar surface area (TPSA) is 32.7 Å². The first-order chi connectivity index (χ1) is 10.1. The van der Waals surface area contributed by atoms with Gasteiger partial charge in [0.15, 0.2) is 0 Å². The molecule has 0 aromatic heterocycles. The van der Waals surface area contributed by atoms with Gasteiger partial charge < -0.3 is 9.84 Å². The van der Waals surface area contributed by atoms with Gasteiger partial charge in [-0.2, -0.15) is 0 Å². The summed E-state index contributed by atoms with van der Waals surface area (Å²) in [7, 11) is 0. The van der Waals surface area contributed by atoms with Gasteiger partial charge >= 0.3 is 0 Å². The minimum absolute atomic E-state index is 0.224. The minimum Gasteiger partial charge on any atom is -0.386 e. The van der Waals surface area contributed by atoms with Crippen LogP contribution in [0.1, 0.15) is 37.4 Å². The molecule has 1 aliphatic heterocycles. The fourth-order valence-corrected chi connectivity index (χ4v) is 4.19. The average molecular weight is 330 g/mol. The van der Waals surface area contributed by atoms with E-state index in [4.69, 9.17) is 27.9 Å². The second-order valence-corrected chi connectivity index (χ2v) is 6.74. The van der Waals surface area contributed by atoms with Crippen molar-refractivity contribution in [1.29, 1.82) is 0 Å². The molecule has 2 fully saturated rings. The summed E-state index contributed by atoms with van der Waals surface area (Å²) in [6.07, 6.45) is 3.68. The fourth-order valence-electron chi connectivity index (χ4n) is 3.78. The first-order valence-corrected chi connectivity index (χ1v) is 8.35. The molecule has 0 radical (unpaired) electrons. The SMILES string of the molecule is OC(c1cccc(Cl)c1Cl)C1(N2CCOCC2)CCCC1. The maximum absolute atomic E-state index is 11.1. The van der Waals surface area contributed by atoms with Gasteiger partial charge in [-0.05, 0) is 18.9 Å². The maximum atomic E-state index is 11.1. The summed E-state index contributed by atoms with van der Waals surface area (Å²) in [4.78, 5) is 2.39. The van der Waals surface area contributed by atoms with Crippen molar-refractivity contribution < 1.29 is 9.84 Å². The summed E-state index contributed by atoms with van der Waals surface area (Å²) in [5, 5.41) is 12.1. The van der Waals surface area contributed by atoms with E-state index >= 15 is 0 Å². The van der Waals surface area contributed by atoms with E-state index in [0.717, 1.165) is 57.6 Å². The Labute approximate surface area is 135 Å². The van der Waals surface area contributed by atoms with Gasteiger partial charge in [0.25, 0.3) is 0 Å². The highest BCUT2D eigenvalue weighted by Gasteiger charge is 2.46. The van der Waals surface area contributed by atoms with Crippen LogP contribution in [0, 0.1) is 0 Å². The molecule has 3 nitrogen and oxygen atoms in total. The number of morpholine rings is 1. The molecule has 5 heteroatoms. The van der Waals surface area contributed by atoms with E-state index < -0.39 is 6.10 Å². The Morgan fingerprint density at radius 1 is 1.14 bits per heavy atom. The predicted octanol–water partition coefficient (Wildman–Crippen LogP) is 3.67. The molecule has 1 saturated carbocycles. The van der Waals surface area contributed by atoms with Crippen LogP contribution in [0.4, 0.5) is 0 Å². The zero-order valence-electron chi connectivity index (χ0n) is 12.0. The monoisotopic (exact) mass is 329 g/mol. The van der Waals surface area contributed by atoms with Crippen molar-refractivity contribution in [3.63, 3.8) is 0 Å². The summed E-state index contributed by atoms with van der Waals surface area (Å²) in [5.41, 5.74) is 0.524. The summed E-state index contributed by atoms with van der Waals surface area (Å²) < 4.78 is 5.46. The lowest BCUT2D eigenvalue weighted by Crippen LogP contribution is -2.55. The third-order valence-corrected chi connectivity index (χ3v) is 5.73. The molecule has 3 rings (SSSR count). The Bertz CT molecular complexity index is 497. The van der Waals surface area contributed by atoms with Crippen molar-refractivity contribution >= 4 is 23.2 Å². The first-order valence-electron chi connectivity index (χ1n) is 7.60. The molecule has 1 saturated heterocycles. The second-order valence-electron chi connectivity index (χ2n) is 5.96. The van der Waals surface area contributed by atoms with Crippen LogP contribution in [-0.4, -0.2) is 41.8 Å². The molecule has 1 aliphatic carbocycles. The molecule has 0 bridgehead atoms. The van der Waals surface area contributed by atoms with Crippen molar-refractivity contribution in [2.24, 2.45) is 0 Å². The van der Waals surface area contributed by atoms with Crippen molar-refractivity contribution in [3.05, 3.63) is 33.8 Å². The molecule has 1 aromatic carbocycles. The van der Waals surface area contributed by atoms with Crippen LogP contribution in [0.5, 0.6) is 0 Å². The number of hydrogen-bond donors (Lipinski definition) is 1. The molecular weight excluding hydrogens is 309 g/mol. The Hall–Kier alpha value is -0.320. The Morgan fingerprint density at radius 2 is 1.81 bits per heavy atom. The van der Waals surface area contributed by atoms with Crippen LogP contribution in [-0.2, 0) is 4.74 Å². The Morgan fingerprint density at radius 3 is 2.48 bits per heavy atom. The molecule has 1 unspecified atom stereocenters. The van der Waals surface area contributed by atoms with E-state index in [0.29, 0.717) is 10.0 Å². The van der Waals surface area contributed by atoms with Gasteiger partial charge in [0, 0.05) is 18.7 Å². The lowest BCUT2D eigenvalue weighted by atomic mass is 9.83. The molecular formula is C16H21Cl2NO2. The number of nitrogens with zero attached hydrogens (tertiary/aromatic N) is 1. The van der Waals surface area contributed by atoms with Crippen LogP contribution < -0.4 is 0 Å². The largest absolute Gasteiger partial charge is 0.386 e. The van der Waals surface area contributed by atoms with Crippen molar-refractivity contribution in [2.45, 2.75) is 37.3 Å². The average Bonchev–Trinajstić information content (AvgIpc) is 3.01. The van der Waals surface area contributed by atoms with E-state index in [-0.39, 0.29) is 5.54 Å². The van der Waals surface area contributed by atoms with Gasteiger partial charge in [-0.3, -0.25) is 4.90 Å². The van der Waals surface area contributed by atoms with Gasteiger partial charge in [-0.15, -0.1) is 0 Å². The van der Waals surface area contributed by atoms with Crippen molar-refractivity contribution in [2.75, 3.05) is 26.3 Å². The molecule has 0 spiro atoms. The smallest absolute Gasteiger partial charge is 0.0988 e. The van der Waals surface area contributed by atoms with Gasteiger partial charge in [-0.1, -0.05) is 48.2 Å². The number of aliphatic hydroxyl groups excluding tert-OH is 1. The van der Waals surface area contributed by atoms with E-state index in [1.54, 1.807) is 6.07 Å². The fraction of sp³-hybridized carbons (Fsp3) is 0.625. The lowest BCUT2D eigenvalue weighted by molar-refractivity contribution is -0.0774. The third-order valence-electron chi connectivity index (χ3n) is 4.90. The van der Waals surface area contributed by atoms with Crippen LogP contribution >= 0.6 is 23.2 Å². The lowest BCUT2D eigenvalue weighted by Gasteiger charge is -2.46. The highest BCUT2D eigenvalue weighted by atomic mass is 35.5. The number of halogens is 2. The molecule has 2 aliphatic rings.